The minimum atomic E-state index is -0.496. The highest BCUT2D eigenvalue weighted by atomic mass is 16.6. The molecular formula is C10H18N4O3. The smallest absolute Gasteiger partial charge is 0.393 e. The van der Waals surface area contributed by atoms with Gasteiger partial charge in [0.1, 0.15) is 0 Å². The Hall–Kier alpha value is -1.63. The summed E-state index contributed by atoms with van der Waals surface area (Å²) < 4.78 is 1.65. The minimum absolute atomic E-state index is 0.151. The maximum absolute atomic E-state index is 10.8. The predicted octanol–water partition coefficient (Wildman–Crippen LogP) is 1.21. The molecule has 0 aliphatic heterocycles. The van der Waals surface area contributed by atoms with Crippen molar-refractivity contribution in [1.29, 1.82) is 0 Å². The van der Waals surface area contributed by atoms with Gasteiger partial charge in [-0.15, -0.1) is 0 Å². The van der Waals surface area contributed by atoms with Gasteiger partial charge >= 0.3 is 5.82 Å². The van der Waals surface area contributed by atoms with Gasteiger partial charge in [0.15, 0.2) is 0 Å². The second-order valence-corrected chi connectivity index (χ2v) is 4.07. The molecule has 0 radical (unpaired) electrons. The molecule has 0 aromatic carbocycles. The number of aliphatic hydroxyl groups is 1. The molecule has 0 spiro atoms. The third kappa shape index (κ3) is 3.42. The van der Waals surface area contributed by atoms with Crippen LogP contribution in [0.15, 0.2) is 0 Å². The van der Waals surface area contributed by atoms with Crippen molar-refractivity contribution < 1.29 is 10.0 Å². The molecule has 2 N–H and O–H groups in total. The molecule has 0 saturated heterocycles. The molecule has 0 bridgehead atoms. The van der Waals surface area contributed by atoms with E-state index in [1.807, 2.05) is 0 Å². The Kier molecular flexibility index (Phi) is 4.45. The zero-order valence-electron chi connectivity index (χ0n) is 10.3. The van der Waals surface area contributed by atoms with Gasteiger partial charge in [0.05, 0.1) is 6.10 Å². The van der Waals surface area contributed by atoms with Gasteiger partial charge in [0.25, 0.3) is 0 Å². The molecule has 1 unspecified atom stereocenters. The number of aryl methyl sites for hydroxylation is 1. The van der Waals surface area contributed by atoms with Crippen LogP contribution in [0.1, 0.15) is 25.6 Å². The normalized spacial score (nSPS) is 12.5. The number of rotatable bonds is 6. The molecule has 0 saturated carbocycles. The molecule has 7 heteroatoms. The Bertz CT molecular complexity index is 401. The SMILES string of the molecule is Cc1nc([N+](=O)[O-])c(NCCCC(C)O)n1C. The molecule has 0 aliphatic carbocycles. The molecule has 1 aromatic heterocycles. The van der Waals surface area contributed by atoms with Gasteiger partial charge in [0, 0.05) is 20.5 Å². The number of aliphatic hydroxyl groups excluding tert-OH is 1. The van der Waals surface area contributed by atoms with Crippen molar-refractivity contribution in [2.24, 2.45) is 7.05 Å². The summed E-state index contributed by atoms with van der Waals surface area (Å²) in [6, 6.07) is 0. The van der Waals surface area contributed by atoms with E-state index in [-0.39, 0.29) is 11.9 Å². The van der Waals surface area contributed by atoms with E-state index in [4.69, 9.17) is 5.11 Å². The number of nitrogens with one attached hydrogen (secondary N) is 1. The zero-order chi connectivity index (χ0) is 13.0. The van der Waals surface area contributed by atoms with Gasteiger partial charge in [-0.3, -0.25) is 4.57 Å². The lowest BCUT2D eigenvalue weighted by molar-refractivity contribution is -0.388. The van der Waals surface area contributed by atoms with E-state index in [1.165, 1.54) is 0 Å². The fourth-order valence-corrected chi connectivity index (χ4v) is 1.52. The van der Waals surface area contributed by atoms with Crippen molar-refractivity contribution >= 4 is 11.6 Å². The highest BCUT2D eigenvalue weighted by Gasteiger charge is 2.22. The Morgan fingerprint density at radius 2 is 2.29 bits per heavy atom. The topological polar surface area (TPSA) is 93.2 Å². The van der Waals surface area contributed by atoms with Crippen LogP contribution < -0.4 is 5.32 Å². The van der Waals surface area contributed by atoms with Crippen molar-refractivity contribution in [3.05, 3.63) is 15.9 Å². The molecular weight excluding hydrogens is 224 g/mol. The van der Waals surface area contributed by atoms with E-state index in [0.29, 0.717) is 24.6 Å². The summed E-state index contributed by atoms with van der Waals surface area (Å²) in [5.74, 6) is 0.856. The van der Waals surface area contributed by atoms with E-state index in [0.717, 1.165) is 6.42 Å². The first kappa shape index (κ1) is 13.4. The van der Waals surface area contributed by atoms with Crippen LogP contribution in [-0.2, 0) is 7.05 Å². The Morgan fingerprint density at radius 1 is 1.65 bits per heavy atom. The highest BCUT2D eigenvalue weighted by Crippen LogP contribution is 2.23. The first-order valence-corrected chi connectivity index (χ1v) is 5.53. The summed E-state index contributed by atoms with van der Waals surface area (Å²) in [6.07, 6.45) is 1.07. The van der Waals surface area contributed by atoms with Crippen molar-refractivity contribution in [1.82, 2.24) is 9.55 Å². The average molecular weight is 242 g/mol. The number of nitro groups is 1. The Balaban J connectivity index is 2.66. The summed E-state index contributed by atoms with van der Waals surface area (Å²) in [7, 11) is 1.73. The molecule has 96 valence electrons. The fourth-order valence-electron chi connectivity index (χ4n) is 1.52. The van der Waals surface area contributed by atoms with Crippen molar-refractivity contribution in [3.8, 4) is 0 Å². The third-order valence-electron chi connectivity index (χ3n) is 2.56. The van der Waals surface area contributed by atoms with Crippen LogP contribution in [0, 0.1) is 17.0 Å². The van der Waals surface area contributed by atoms with Gasteiger partial charge in [-0.05, 0) is 29.7 Å². The van der Waals surface area contributed by atoms with Crippen LogP contribution in [-0.4, -0.2) is 32.2 Å². The van der Waals surface area contributed by atoms with Crippen molar-refractivity contribution in [3.63, 3.8) is 0 Å². The first-order valence-electron chi connectivity index (χ1n) is 5.53. The van der Waals surface area contributed by atoms with Gasteiger partial charge in [-0.25, -0.2) is 0 Å². The van der Waals surface area contributed by atoms with Gasteiger partial charge in [0.2, 0.25) is 11.6 Å². The van der Waals surface area contributed by atoms with Crippen molar-refractivity contribution in [2.45, 2.75) is 32.8 Å². The molecule has 1 rings (SSSR count). The number of imidazole rings is 1. The van der Waals surface area contributed by atoms with Crippen LogP contribution in [0.5, 0.6) is 0 Å². The Labute approximate surface area is 99.6 Å². The van der Waals surface area contributed by atoms with E-state index < -0.39 is 4.92 Å². The van der Waals surface area contributed by atoms with E-state index in [2.05, 4.69) is 10.3 Å². The third-order valence-corrected chi connectivity index (χ3v) is 2.56. The van der Waals surface area contributed by atoms with E-state index in [1.54, 1.807) is 25.5 Å². The molecule has 7 nitrogen and oxygen atoms in total. The van der Waals surface area contributed by atoms with Crippen LogP contribution in [0.25, 0.3) is 0 Å². The van der Waals surface area contributed by atoms with Crippen molar-refractivity contribution in [2.75, 3.05) is 11.9 Å². The first-order chi connectivity index (χ1) is 7.93. The quantitative estimate of drug-likeness (QED) is 0.444. The number of nitrogens with zero attached hydrogens (tertiary/aromatic N) is 3. The van der Waals surface area contributed by atoms with Gasteiger partial charge in [-0.1, -0.05) is 0 Å². The van der Waals surface area contributed by atoms with Gasteiger partial charge < -0.3 is 20.5 Å². The maximum Gasteiger partial charge on any atom is 0.406 e. The zero-order valence-corrected chi connectivity index (χ0v) is 10.3. The van der Waals surface area contributed by atoms with Crippen LogP contribution >= 0.6 is 0 Å². The largest absolute Gasteiger partial charge is 0.406 e. The lowest BCUT2D eigenvalue weighted by Crippen LogP contribution is -2.10. The van der Waals surface area contributed by atoms with Crippen LogP contribution in [0.3, 0.4) is 0 Å². The lowest BCUT2D eigenvalue weighted by Gasteiger charge is -2.07. The molecule has 1 aromatic rings. The lowest BCUT2D eigenvalue weighted by atomic mass is 10.2. The second kappa shape index (κ2) is 5.62. The fraction of sp³-hybridized carbons (Fsp3) is 0.700. The monoisotopic (exact) mass is 242 g/mol. The number of aromatic nitrogens is 2. The molecule has 1 atom stereocenters. The average Bonchev–Trinajstić information content (AvgIpc) is 2.51. The van der Waals surface area contributed by atoms with E-state index >= 15 is 0 Å². The van der Waals surface area contributed by atoms with Crippen LogP contribution in [0.2, 0.25) is 0 Å². The van der Waals surface area contributed by atoms with E-state index in [9.17, 15) is 10.1 Å². The molecule has 0 aliphatic rings. The van der Waals surface area contributed by atoms with Gasteiger partial charge in [-0.2, -0.15) is 0 Å². The summed E-state index contributed by atoms with van der Waals surface area (Å²) >= 11 is 0. The maximum atomic E-state index is 10.8. The standard InChI is InChI=1S/C10H18N4O3/c1-7(15)5-4-6-11-9-10(14(16)17)12-8(2)13(9)3/h7,11,15H,4-6H2,1-3H3. The second-order valence-electron chi connectivity index (χ2n) is 4.07. The molecule has 0 amide bonds. The number of anilines is 1. The Morgan fingerprint density at radius 3 is 2.82 bits per heavy atom. The molecule has 1 heterocycles. The highest BCUT2D eigenvalue weighted by molar-refractivity contribution is 5.53. The predicted molar refractivity (Wildman–Crippen MR) is 64.0 cm³/mol. The molecule has 17 heavy (non-hydrogen) atoms. The summed E-state index contributed by atoms with van der Waals surface area (Å²) in [5.41, 5.74) is 0. The minimum Gasteiger partial charge on any atom is -0.393 e. The summed E-state index contributed by atoms with van der Waals surface area (Å²) in [5, 5.41) is 22.9. The number of hydrogen-bond acceptors (Lipinski definition) is 5. The summed E-state index contributed by atoms with van der Waals surface area (Å²) in [4.78, 5) is 14.2. The number of hydrogen-bond donors (Lipinski definition) is 2. The van der Waals surface area contributed by atoms with Crippen LogP contribution in [0.4, 0.5) is 11.6 Å². The molecule has 0 fully saturated rings. The summed E-state index contributed by atoms with van der Waals surface area (Å²) in [6.45, 7) is 4.01.